The highest BCUT2D eigenvalue weighted by Gasteiger charge is 2.10. The molecule has 5 heteroatoms. The van der Waals surface area contributed by atoms with Gasteiger partial charge in [0.2, 0.25) is 0 Å². The van der Waals surface area contributed by atoms with E-state index in [0.717, 1.165) is 23.3 Å². The van der Waals surface area contributed by atoms with Gasteiger partial charge in [-0.3, -0.25) is 0 Å². The number of rotatable bonds is 6. The van der Waals surface area contributed by atoms with Crippen LogP contribution in [0.3, 0.4) is 0 Å². The van der Waals surface area contributed by atoms with Crippen molar-refractivity contribution in [3.63, 3.8) is 0 Å². The molecule has 0 aliphatic rings. The quantitative estimate of drug-likeness (QED) is 0.629. The molecule has 0 saturated carbocycles. The largest absolute Gasteiger partial charge is 0.503 e. The van der Waals surface area contributed by atoms with Gasteiger partial charge in [-0.1, -0.05) is 48.5 Å². The standard InChI is InChI=1S/C20H17F2NO2/c21-17-10-16(11-18(22)20(17)24)23-12-15-8-4-5-9-19(15)25-13-14-6-2-1-3-7-14/h1-11,23-24H,12-13H2. The molecule has 0 spiro atoms. The molecule has 0 unspecified atom stereocenters. The fraction of sp³-hybridized carbons (Fsp3) is 0.100. The molecule has 3 aromatic rings. The fourth-order valence-corrected chi connectivity index (χ4v) is 2.39. The molecular formula is C20H17F2NO2. The Hall–Kier alpha value is -3.08. The molecule has 3 aromatic carbocycles. The summed E-state index contributed by atoms with van der Waals surface area (Å²) in [6.07, 6.45) is 0. The molecule has 2 N–H and O–H groups in total. The highest BCUT2D eigenvalue weighted by Crippen LogP contribution is 2.26. The smallest absolute Gasteiger partial charge is 0.187 e. The molecule has 3 rings (SSSR count). The molecule has 0 saturated heterocycles. The van der Waals surface area contributed by atoms with E-state index in [1.807, 2.05) is 54.6 Å². The summed E-state index contributed by atoms with van der Waals surface area (Å²) in [5.74, 6) is -2.29. The summed E-state index contributed by atoms with van der Waals surface area (Å²) in [7, 11) is 0. The van der Waals surface area contributed by atoms with Crippen molar-refractivity contribution in [2.75, 3.05) is 5.32 Å². The van der Waals surface area contributed by atoms with E-state index >= 15 is 0 Å². The van der Waals surface area contributed by atoms with Crippen LogP contribution in [0.1, 0.15) is 11.1 Å². The van der Waals surface area contributed by atoms with Crippen LogP contribution in [0.4, 0.5) is 14.5 Å². The summed E-state index contributed by atoms with van der Waals surface area (Å²) in [6, 6.07) is 19.3. The van der Waals surface area contributed by atoms with Crippen molar-refractivity contribution in [1.29, 1.82) is 0 Å². The summed E-state index contributed by atoms with van der Waals surface area (Å²) in [4.78, 5) is 0. The van der Waals surface area contributed by atoms with E-state index in [1.54, 1.807) is 0 Å². The SMILES string of the molecule is Oc1c(F)cc(NCc2ccccc2OCc2ccccc2)cc1F. The molecule has 0 atom stereocenters. The summed E-state index contributed by atoms with van der Waals surface area (Å²) in [6.45, 7) is 0.759. The van der Waals surface area contributed by atoms with Crippen LogP contribution in [0.2, 0.25) is 0 Å². The first-order valence-corrected chi connectivity index (χ1v) is 7.80. The minimum absolute atomic E-state index is 0.241. The second-order valence-corrected chi connectivity index (χ2v) is 5.52. The summed E-state index contributed by atoms with van der Waals surface area (Å²) in [5.41, 5.74) is 2.14. The van der Waals surface area contributed by atoms with E-state index in [-0.39, 0.29) is 5.69 Å². The third kappa shape index (κ3) is 4.26. The first-order chi connectivity index (χ1) is 12.1. The minimum Gasteiger partial charge on any atom is -0.503 e. The zero-order valence-corrected chi connectivity index (χ0v) is 13.4. The predicted octanol–water partition coefficient (Wildman–Crippen LogP) is 4.86. The van der Waals surface area contributed by atoms with Gasteiger partial charge in [-0.05, 0) is 11.6 Å². The number of hydrogen-bond donors (Lipinski definition) is 2. The monoisotopic (exact) mass is 341 g/mol. The van der Waals surface area contributed by atoms with Gasteiger partial charge in [0.15, 0.2) is 17.4 Å². The van der Waals surface area contributed by atoms with Crippen LogP contribution in [0.15, 0.2) is 66.7 Å². The topological polar surface area (TPSA) is 41.5 Å². The molecule has 25 heavy (non-hydrogen) atoms. The lowest BCUT2D eigenvalue weighted by Crippen LogP contribution is -2.04. The van der Waals surface area contributed by atoms with Gasteiger partial charge in [0.05, 0.1) is 0 Å². The maximum absolute atomic E-state index is 13.4. The zero-order chi connectivity index (χ0) is 17.6. The molecule has 0 fully saturated rings. The fourth-order valence-electron chi connectivity index (χ4n) is 2.39. The molecule has 0 bridgehead atoms. The van der Waals surface area contributed by atoms with E-state index in [0.29, 0.717) is 18.9 Å². The normalized spacial score (nSPS) is 10.5. The number of anilines is 1. The average Bonchev–Trinajstić information content (AvgIpc) is 2.64. The highest BCUT2D eigenvalue weighted by molar-refractivity contribution is 5.49. The first kappa shape index (κ1) is 16.8. The minimum atomic E-state index is -1.00. The Morgan fingerprint density at radius 3 is 2.24 bits per heavy atom. The van der Waals surface area contributed by atoms with Crippen LogP contribution in [-0.4, -0.2) is 5.11 Å². The lowest BCUT2D eigenvalue weighted by molar-refractivity contribution is 0.303. The highest BCUT2D eigenvalue weighted by atomic mass is 19.1. The van der Waals surface area contributed by atoms with Gasteiger partial charge in [0.25, 0.3) is 0 Å². The Morgan fingerprint density at radius 2 is 1.52 bits per heavy atom. The van der Waals surface area contributed by atoms with Crippen LogP contribution in [0, 0.1) is 11.6 Å². The van der Waals surface area contributed by atoms with Crippen molar-refractivity contribution in [3.05, 3.63) is 89.5 Å². The number of halogens is 2. The van der Waals surface area contributed by atoms with E-state index in [4.69, 9.17) is 9.84 Å². The molecule has 0 aromatic heterocycles. The van der Waals surface area contributed by atoms with Crippen LogP contribution >= 0.6 is 0 Å². The van der Waals surface area contributed by atoms with Gasteiger partial charge in [-0.2, -0.15) is 0 Å². The average molecular weight is 341 g/mol. The van der Waals surface area contributed by atoms with Crippen LogP contribution < -0.4 is 10.1 Å². The lowest BCUT2D eigenvalue weighted by atomic mass is 10.2. The molecule has 0 amide bonds. The van der Waals surface area contributed by atoms with E-state index in [9.17, 15) is 8.78 Å². The molecule has 3 nitrogen and oxygen atoms in total. The number of para-hydroxylation sites is 1. The number of phenols is 1. The van der Waals surface area contributed by atoms with Gasteiger partial charge in [0.1, 0.15) is 12.4 Å². The Kier molecular flexibility index (Phi) is 5.14. The third-order valence-electron chi connectivity index (χ3n) is 3.71. The molecule has 0 radical (unpaired) electrons. The van der Waals surface area contributed by atoms with Gasteiger partial charge in [-0.15, -0.1) is 0 Å². The number of ether oxygens (including phenoxy) is 1. The number of nitrogens with one attached hydrogen (secondary N) is 1. The maximum atomic E-state index is 13.4. The zero-order valence-electron chi connectivity index (χ0n) is 13.4. The molecule has 0 aliphatic heterocycles. The lowest BCUT2D eigenvalue weighted by Gasteiger charge is -2.13. The summed E-state index contributed by atoms with van der Waals surface area (Å²) in [5, 5.41) is 12.1. The summed E-state index contributed by atoms with van der Waals surface area (Å²) >= 11 is 0. The molecule has 128 valence electrons. The molecule has 0 heterocycles. The van der Waals surface area contributed by atoms with E-state index in [2.05, 4.69) is 5.32 Å². The van der Waals surface area contributed by atoms with Crippen molar-refractivity contribution in [2.45, 2.75) is 13.2 Å². The third-order valence-corrected chi connectivity index (χ3v) is 3.71. The van der Waals surface area contributed by atoms with E-state index in [1.165, 1.54) is 0 Å². The van der Waals surface area contributed by atoms with Crippen molar-refractivity contribution < 1.29 is 18.6 Å². The second-order valence-electron chi connectivity index (χ2n) is 5.52. The van der Waals surface area contributed by atoms with Crippen molar-refractivity contribution >= 4 is 5.69 Å². The number of hydrogen-bond acceptors (Lipinski definition) is 3. The number of benzene rings is 3. The Bertz CT molecular complexity index is 830. The van der Waals surface area contributed by atoms with Gasteiger partial charge in [-0.25, -0.2) is 8.78 Å². The van der Waals surface area contributed by atoms with Crippen LogP contribution in [0.25, 0.3) is 0 Å². The van der Waals surface area contributed by atoms with Gasteiger partial charge < -0.3 is 15.2 Å². The molecule has 0 aliphatic carbocycles. The summed E-state index contributed by atoms with van der Waals surface area (Å²) < 4.78 is 32.6. The van der Waals surface area contributed by atoms with Gasteiger partial charge in [0, 0.05) is 29.9 Å². The van der Waals surface area contributed by atoms with Crippen molar-refractivity contribution in [2.24, 2.45) is 0 Å². The first-order valence-electron chi connectivity index (χ1n) is 7.80. The predicted molar refractivity (Wildman–Crippen MR) is 92.6 cm³/mol. The van der Waals surface area contributed by atoms with Gasteiger partial charge >= 0.3 is 0 Å². The Morgan fingerprint density at radius 1 is 0.880 bits per heavy atom. The van der Waals surface area contributed by atoms with E-state index < -0.39 is 17.4 Å². The molecular weight excluding hydrogens is 324 g/mol. The second kappa shape index (κ2) is 7.66. The Balaban J connectivity index is 1.69. The van der Waals surface area contributed by atoms with Crippen LogP contribution in [0.5, 0.6) is 11.5 Å². The Labute approximate surface area is 144 Å². The maximum Gasteiger partial charge on any atom is 0.187 e. The van der Waals surface area contributed by atoms with Crippen molar-refractivity contribution in [1.82, 2.24) is 0 Å². The number of phenolic OH excluding ortho intramolecular Hbond substituents is 1. The van der Waals surface area contributed by atoms with Crippen molar-refractivity contribution in [3.8, 4) is 11.5 Å². The number of aromatic hydroxyl groups is 1. The van der Waals surface area contributed by atoms with Crippen LogP contribution in [-0.2, 0) is 13.2 Å².